The number of amides is 1. The second-order valence-corrected chi connectivity index (χ2v) is 6.03. The highest BCUT2D eigenvalue weighted by atomic mass is 16.2. The van der Waals surface area contributed by atoms with E-state index >= 15 is 0 Å². The summed E-state index contributed by atoms with van der Waals surface area (Å²) in [5.74, 6) is 0.786. The molecule has 3 nitrogen and oxygen atoms in total. The van der Waals surface area contributed by atoms with E-state index in [0.29, 0.717) is 11.8 Å². The number of hydrogen-bond acceptors (Lipinski definition) is 2. The van der Waals surface area contributed by atoms with Crippen LogP contribution in [0.2, 0.25) is 0 Å². The summed E-state index contributed by atoms with van der Waals surface area (Å²) in [6.07, 6.45) is 4.61. The Bertz CT molecular complexity index is 434. The molecule has 0 atom stereocenters. The molecular formula is C17H24N2O. The first kappa shape index (κ1) is 13.6. The van der Waals surface area contributed by atoms with Crippen LogP contribution < -0.4 is 0 Å². The van der Waals surface area contributed by atoms with Crippen molar-refractivity contribution in [1.29, 1.82) is 0 Å². The maximum Gasteiger partial charge on any atom is 0.225 e. The van der Waals surface area contributed by atoms with E-state index < -0.39 is 0 Å². The average Bonchev–Trinajstić information content (AvgIpc) is 3.33. The Morgan fingerprint density at radius 2 is 1.75 bits per heavy atom. The van der Waals surface area contributed by atoms with Gasteiger partial charge in [0.1, 0.15) is 0 Å². The van der Waals surface area contributed by atoms with E-state index in [1.165, 1.54) is 12.0 Å². The van der Waals surface area contributed by atoms with Gasteiger partial charge in [0.15, 0.2) is 0 Å². The van der Waals surface area contributed by atoms with Gasteiger partial charge < -0.3 is 4.90 Å². The van der Waals surface area contributed by atoms with Gasteiger partial charge in [0.25, 0.3) is 0 Å². The van der Waals surface area contributed by atoms with Gasteiger partial charge in [-0.3, -0.25) is 9.69 Å². The minimum absolute atomic E-state index is 0.375. The molecule has 0 radical (unpaired) electrons. The first-order valence-electron chi connectivity index (χ1n) is 7.88. The van der Waals surface area contributed by atoms with Crippen LogP contribution in [-0.4, -0.2) is 48.4 Å². The standard InChI is InChI=1S/C17H24N2O/c20-17(16-8-9-16)19-13-11-18(12-14-19)10-4-7-15-5-2-1-3-6-15/h1-3,5-6,16H,4,7-14H2. The Morgan fingerprint density at radius 3 is 2.40 bits per heavy atom. The second kappa shape index (κ2) is 6.40. The Kier molecular flexibility index (Phi) is 4.36. The minimum atomic E-state index is 0.375. The van der Waals surface area contributed by atoms with Crippen molar-refractivity contribution < 1.29 is 4.79 Å². The SMILES string of the molecule is O=C(C1CC1)N1CCN(CCCc2ccccc2)CC1. The molecule has 3 heteroatoms. The predicted octanol–water partition coefficient (Wildman–Crippen LogP) is 2.17. The van der Waals surface area contributed by atoms with Crippen molar-refractivity contribution in [2.45, 2.75) is 25.7 Å². The van der Waals surface area contributed by atoms with Crippen LogP contribution in [-0.2, 0) is 11.2 Å². The molecule has 3 rings (SSSR count). The number of carbonyl (C=O) groups excluding carboxylic acids is 1. The number of nitrogens with zero attached hydrogens (tertiary/aromatic N) is 2. The van der Waals surface area contributed by atoms with Gasteiger partial charge in [0.2, 0.25) is 5.91 Å². The molecule has 1 heterocycles. The first-order valence-corrected chi connectivity index (χ1v) is 7.88. The van der Waals surface area contributed by atoms with Crippen molar-refractivity contribution in [1.82, 2.24) is 9.80 Å². The van der Waals surface area contributed by atoms with E-state index in [1.807, 2.05) is 0 Å². The lowest BCUT2D eigenvalue weighted by molar-refractivity contribution is -0.134. The fraction of sp³-hybridized carbons (Fsp3) is 0.588. The van der Waals surface area contributed by atoms with E-state index in [-0.39, 0.29) is 0 Å². The first-order chi connectivity index (χ1) is 9.83. The zero-order chi connectivity index (χ0) is 13.8. The summed E-state index contributed by atoms with van der Waals surface area (Å²) < 4.78 is 0. The van der Waals surface area contributed by atoms with E-state index in [4.69, 9.17) is 0 Å². The maximum absolute atomic E-state index is 12.0. The number of benzene rings is 1. The lowest BCUT2D eigenvalue weighted by atomic mass is 10.1. The molecule has 1 aromatic carbocycles. The molecule has 0 unspecified atom stereocenters. The van der Waals surface area contributed by atoms with Crippen LogP contribution in [0.15, 0.2) is 30.3 Å². The van der Waals surface area contributed by atoms with E-state index in [0.717, 1.165) is 52.0 Å². The fourth-order valence-corrected chi connectivity index (χ4v) is 2.93. The zero-order valence-corrected chi connectivity index (χ0v) is 12.1. The largest absolute Gasteiger partial charge is 0.340 e. The molecule has 20 heavy (non-hydrogen) atoms. The number of rotatable bonds is 5. The second-order valence-electron chi connectivity index (χ2n) is 6.03. The summed E-state index contributed by atoms with van der Waals surface area (Å²) in [4.78, 5) is 16.5. The lowest BCUT2D eigenvalue weighted by Crippen LogP contribution is -2.49. The highest BCUT2D eigenvalue weighted by Crippen LogP contribution is 2.31. The third kappa shape index (κ3) is 3.60. The van der Waals surface area contributed by atoms with Gasteiger partial charge >= 0.3 is 0 Å². The number of piperazine rings is 1. The molecule has 1 aliphatic heterocycles. The summed E-state index contributed by atoms with van der Waals surface area (Å²) in [7, 11) is 0. The van der Waals surface area contributed by atoms with Gasteiger partial charge in [-0.15, -0.1) is 0 Å². The molecule has 0 bridgehead atoms. The zero-order valence-electron chi connectivity index (χ0n) is 12.1. The number of aryl methyl sites for hydroxylation is 1. The summed E-state index contributed by atoms with van der Waals surface area (Å²) in [5.41, 5.74) is 1.43. The van der Waals surface area contributed by atoms with Crippen LogP contribution in [0.3, 0.4) is 0 Å². The Hall–Kier alpha value is -1.35. The highest BCUT2D eigenvalue weighted by molar-refractivity contribution is 5.81. The van der Waals surface area contributed by atoms with Crippen molar-refractivity contribution >= 4 is 5.91 Å². The normalized spacial score (nSPS) is 20.1. The van der Waals surface area contributed by atoms with Gasteiger partial charge in [-0.1, -0.05) is 30.3 Å². The van der Waals surface area contributed by atoms with Crippen LogP contribution in [0.1, 0.15) is 24.8 Å². The third-order valence-corrected chi connectivity index (χ3v) is 4.39. The smallest absolute Gasteiger partial charge is 0.225 e. The molecule has 1 saturated carbocycles. The van der Waals surface area contributed by atoms with Gasteiger partial charge in [-0.2, -0.15) is 0 Å². The maximum atomic E-state index is 12.0. The molecule has 0 spiro atoms. The fourth-order valence-electron chi connectivity index (χ4n) is 2.93. The van der Waals surface area contributed by atoms with Crippen LogP contribution in [0.5, 0.6) is 0 Å². The molecule has 0 N–H and O–H groups in total. The third-order valence-electron chi connectivity index (χ3n) is 4.39. The van der Waals surface area contributed by atoms with Gasteiger partial charge in [-0.05, 0) is 37.8 Å². The molecule has 1 amide bonds. The molecule has 1 aliphatic carbocycles. The van der Waals surface area contributed by atoms with Crippen LogP contribution in [0.25, 0.3) is 0 Å². The number of hydrogen-bond donors (Lipinski definition) is 0. The lowest BCUT2D eigenvalue weighted by Gasteiger charge is -2.34. The summed E-state index contributed by atoms with van der Waals surface area (Å²) >= 11 is 0. The molecule has 2 aliphatic rings. The molecular weight excluding hydrogens is 248 g/mol. The van der Waals surface area contributed by atoms with Crippen LogP contribution in [0.4, 0.5) is 0 Å². The summed E-state index contributed by atoms with van der Waals surface area (Å²) in [5, 5.41) is 0. The van der Waals surface area contributed by atoms with E-state index in [9.17, 15) is 4.79 Å². The summed E-state index contributed by atoms with van der Waals surface area (Å²) in [6.45, 7) is 5.11. The average molecular weight is 272 g/mol. The van der Waals surface area contributed by atoms with E-state index in [1.54, 1.807) is 0 Å². The van der Waals surface area contributed by atoms with Gasteiger partial charge in [0, 0.05) is 32.1 Å². The molecule has 0 aromatic heterocycles. The molecule has 1 aromatic rings. The Labute approximate surface area is 121 Å². The monoisotopic (exact) mass is 272 g/mol. The van der Waals surface area contributed by atoms with Crippen molar-refractivity contribution in [2.24, 2.45) is 5.92 Å². The quantitative estimate of drug-likeness (QED) is 0.820. The predicted molar refractivity (Wildman–Crippen MR) is 80.5 cm³/mol. The van der Waals surface area contributed by atoms with E-state index in [2.05, 4.69) is 40.1 Å². The Morgan fingerprint density at radius 1 is 1.05 bits per heavy atom. The van der Waals surface area contributed by atoms with Crippen LogP contribution >= 0.6 is 0 Å². The van der Waals surface area contributed by atoms with Gasteiger partial charge in [-0.25, -0.2) is 0 Å². The summed E-state index contributed by atoms with van der Waals surface area (Å²) in [6, 6.07) is 10.7. The molecule has 108 valence electrons. The minimum Gasteiger partial charge on any atom is -0.340 e. The highest BCUT2D eigenvalue weighted by Gasteiger charge is 2.34. The number of carbonyl (C=O) groups is 1. The van der Waals surface area contributed by atoms with Crippen molar-refractivity contribution in [3.8, 4) is 0 Å². The van der Waals surface area contributed by atoms with Crippen molar-refractivity contribution in [3.63, 3.8) is 0 Å². The molecule has 2 fully saturated rings. The van der Waals surface area contributed by atoms with Gasteiger partial charge in [0.05, 0.1) is 0 Å². The molecule has 1 saturated heterocycles. The van der Waals surface area contributed by atoms with Crippen LogP contribution in [0, 0.1) is 5.92 Å². The topological polar surface area (TPSA) is 23.6 Å². The van der Waals surface area contributed by atoms with Crippen molar-refractivity contribution in [3.05, 3.63) is 35.9 Å². The Balaban J connectivity index is 1.35. The van der Waals surface area contributed by atoms with Crippen molar-refractivity contribution in [2.75, 3.05) is 32.7 Å².